The fraction of sp³-hybridized carbons (Fsp3) is 0.478. The highest BCUT2D eigenvalue weighted by atomic mass is 16.5. The van der Waals surface area contributed by atoms with E-state index in [-0.39, 0.29) is 18.3 Å². The number of esters is 1. The third-order valence-electron chi connectivity index (χ3n) is 5.62. The van der Waals surface area contributed by atoms with E-state index < -0.39 is 5.97 Å². The summed E-state index contributed by atoms with van der Waals surface area (Å²) in [6.45, 7) is 6.57. The van der Waals surface area contributed by atoms with Gasteiger partial charge in [-0.05, 0) is 47.4 Å². The molecule has 1 aliphatic carbocycles. The molecule has 2 aromatic carbocycles. The molecular weight excluding hydrogens is 324 g/mol. The summed E-state index contributed by atoms with van der Waals surface area (Å²) >= 11 is 0. The van der Waals surface area contributed by atoms with Crippen molar-refractivity contribution in [3.63, 3.8) is 0 Å². The molecule has 1 saturated carbocycles. The monoisotopic (exact) mass is 352 g/mol. The normalized spacial score (nSPS) is 23.2. The van der Waals surface area contributed by atoms with Crippen LogP contribution in [0.5, 0.6) is 0 Å². The van der Waals surface area contributed by atoms with Crippen molar-refractivity contribution in [3.8, 4) is 0 Å². The first-order valence-electron chi connectivity index (χ1n) is 9.65. The number of ether oxygens (including phenoxy) is 1. The van der Waals surface area contributed by atoms with E-state index in [0.29, 0.717) is 23.3 Å². The molecule has 0 heterocycles. The lowest BCUT2D eigenvalue weighted by Gasteiger charge is -2.36. The maximum Gasteiger partial charge on any atom is 0.313 e. The highest BCUT2D eigenvalue weighted by Gasteiger charge is 2.33. The molecule has 1 aliphatic rings. The van der Waals surface area contributed by atoms with E-state index in [1.807, 2.05) is 36.4 Å². The number of hydrogen-bond acceptors (Lipinski definition) is 3. The van der Waals surface area contributed by atoms with E-state index in [1.54, 1.807) is 6.07 Å². The van der Waals surface area contributed by atoms with Crippen LogP contribution in [0.4, 0.5) is 0 Å². The molecule has 0 radical (unpaired) electrons. The topological polar surface area (TPSA) is 43.4 Å². The molecule has 26 heavy (non-hydrogen) atoms. The minimum atomic E-state index is -0.395. The quantitative estimate of drug-likeness (QED) is 0.410. The van der Waals surface area contributed by atoms with Gasteiger partial charge in [-0.25, -0.2) is 0 Å². The van der Waals surface area contributed by atoms with Gasteiger partial charge < -0.3 is 4.74 Å². The van der Waals surface area contributed by atoms with Gasteiger partial charge in [0.2, 0.25) is 0 Å². The van der Waals surface area contributed by atoms with Gasteiger partial charge in [-0.1, -0.05) is 63.6 Å². The number of rotatable bonds is 5. The van der Waals surface area contributed by atoms with Crippen LogP contribution in [0, 0.1) is 17.8 Å². The van der Waals surface area contributed by atoms with Crippen molar-refractivity contribution in [3.05, 3.63) is 48.0 Å². The average Bonchev–Trinajstić information content (AvgIpc) is 2.61. The van der Waals surface area contributed by atoms with Crippen molar-refractivity contribution in [2.45, 2.75) is 52.6 Å². The second kappa shape index (κ2) is 8.03. The van der Waals surface area contributed by atoms with E-state index in [0.717, 1.165) is 23.6 Å². The van der Waals surface area contributed by atoms with Crippen LogP contribution in [0.15, 0.2) is 42.5 Å². The van der Waals surface area contributed by atoms with E-state index >= 15 is 0 Å². The van der Waals surface area contributed by atoms with Crippen molar-refractivity contribution in [1.82, 2.24) is 0 Å². The fourth-order valence-corrected chi connectivity index (χ4v) is 4.06. The maximum atomic E-state index is 12.5. The lowest BCUT2D eigenvalue weighted by molar-refractivity contribution is -0.154. The fourth-order valence-electron chi connectivity index (χ4n) is 4.06. The molecule has 0 aliphatic heterocycles. The summed E-state index contributed by atoms with van der Waals surface area (Å²) in [5, 5.41) is 2.09. The van der Waals surface area contributed by atoms with Gasteiger partial charge in [0, 0.05) is 5.56 Å². The van der Waals surface area contributed by atoms with E-state index in [1.165, 1.54) is 6.42 Å². The van der Waals surface area contributed by atoms with Crippen molar-refractivity contribution in [1.29, 1.82) is 0 Å². The van der Waals surface area contributed by atoms with Crippen LogP contribution in [0.1, 0.15) is 56.8 Å². The minimum absolute atomic E-state index is 0.0596. The second-order valence-electron chi connectivity index (χ2n) is 8.02. The standard InChI is InChI=1S/C23H28O3/c1-15(2)20-11-8-16(3)12-22(20)26-23(25)14-21(24)19-10-9-17-6-4-5-7-18(17)13-19/h4-7,9-10,13,15-16,20,22H,8,11-12,14H2,1-3H3/t16-,20+,22-/m1/s1. The molecule has 0 aromatic heterocycles. The third-order valence-corrected chi connectivity index (χ3v) is 5.62. The largest absolute Gasteiger partial charge is 0.462 e. The molecule has 3 atom stereocenters. The third kappa shape index (κ3) is 4.32. The zero-order valence-electron chi connectivity index (χ0n) is 15.9. The van der Waals surface area contributed by atoms with Crippen molar-refractivity contribution >= 4 is 22.5 Å². The van der Waals surface area contributed by atoms with Crippen molar-refractivity contribution in [2.75, 3.05) is 0 Å². The smallest absolute Gasteiger partial charge is 0.313 e. The Balaban J connectivity index is 1.65. The predicted octanol–water partition coefficient (Wildman–Crippen LogP) is 5.42. The Morgan fingerprint density at radius 2 is 1.81 bits per heavy atom. The van der Waals surface area contributed by atoms with Gasteiger partial charge in [-0.3, -0.25) is 9.59 Å². The van der Waals surface area contributed by atoms with Gasteiger partial charge in [0.05, 0.1) is 0 Å². The van der Waals surface area contributed by atoms with Gasteiger partial charge in [0.25, 0.3) is 0 Å². The summed E-state index contributed by atoms with van der Waals surface area (Å²) in [7, 11) is 0. The Morgan fingerprint density at radius 1 is 1.08 bits per heavy atom. The van der Waals surface area contributed by atoms with Gasteiger partial charge >= 0.3 is 5.97 Å². The highest BCUT2D eigenvalue weighted by molar-refractivity contribution is 6.07. The number of fused-ring (bicyclic) bond motifs is 1. The summed E-state index contributed by atoms with van der Waals surface area (Å²) in [6, 6.07) is 13.5. The summed E-state index contributed by atoms with van der Waals surface area (Å²) in [5.74, 6) is 0.875. The molecule has 0 spiro atoms. The second-order valence-corrected chi connectivity index (χ2v) is 8.02. The molecule has 138 valence electrons. The Labute approximate surface area is 155 Å². The molecule has 0 bridgehead atoms. The number of Topliss-reactive ketones (excluding diaryl/α,β-unsaturated/α-hetero) is 1. The first kappa shape index (κ1) is 18.6. The molecular formula is C23H28O3. The maximum absolute atomic E-state index is 12.5. The van der Waals surface area contributed by atoms with E-state index in [9.17, 15) is 9.59 Å². The number of hydrogen-bond donors (Lipinski definition) is 0. The summed E-state index contributed by atoms with van der Waals surface area (Å²) < 4.78 is 5.76. The molecule has 3 nitrogen and oxygen atoms in total. The lowest BCUT2D eigenvalue weighted by Crippen LogP contribution is -2.36. The highest BCUT2D eigenvalue weighted by Crippen LogP contribution is 2.35. The van der Waals surface area contributed by atoms with Crippen LogP contribution in [-0.2, 0) is 9.53 Å². The van der Waals surface area contributed by atoms with E-state index in [4.69, 9.17) is 4.74 Å². The van der Waals surface area contributed by atoms with Gasteiger partial charge in [0.1, 0.15) is 12.5 Å². The molecule has 1 fully saturated rings. The number of ketones is 1. The SMILES string of the molecule is CC(C)[C@@H]1CC[C@@H](C)C[C@H]1OC(=O)CC(=O)c1ccc2ccccc2c1. The molecule has 3 heteroatoms. The van der Waals surface area contributed by atoms with E-state index in [2.05, 4.69) is 20.8 Å². The van der Waals surface area contributed by atoms with Crippen LogP contribution in [0.2, 0.25) is 0 Å². The van der Waals surface area contributed by atoms with Gasteiger partial charge in [-0.15, -0.1) is 0 Å². The minimum Gasteiger partial charge on any atom is -0.462 e. The molecule has 2 aromatic rings. The van der Waals surface area contributed by atoms with Crippen LogP contribution < -0.4 is 0 Å². The average molecular weight is 352 g/mol. The zero-order valence-corrected chi connectivity index (χ0v) is 15.9. The Kier molecular flexibility index (Phi) is 5.75. The van der Waals surface area contributed by atoms with Gasteiger partial charge in [-0.2, -0.15) is 0 Å². The molecule has 0 amide bonds. The van der Waals surface area contributed by atoms with Crippen molar-refractivity contribution in [2.24, 2.45) is 17.8 Å². The summed E-state index contributed by atoms with van der Waals surface area (Å²) in [4.78, 5) is 24.9. The van der Waals surface area contributed by atoms with Crippen LogP contribution in [0.3, 0.4) is 0 Å². The molecule has 3 rings (SSSR count). The summed E-state index contributed by atoms with van der Waals surface area (Å²) in [5.41, 5.74) is 0.568. The zero-order chi connectivity index (χ0) is 18.7. The van der Waals surface area contributed by atoms with Crippen molar-refractivity contribution < 1.29 is 14.3 Å². The lowest BCUT2D eigenvalue weighted by atomic mass is 9.75. The van der Waals surface area contributed by atoms with Crippen LogP contribution in [-0.4, -0.2) is 17.9 Å². The molecule has 0 unspecified atom stereocenters. The first-order valence-corrected chi connectivity index (χ1v) is 9.65. The number of benzene rings is 2. The van der Waals surface area contributed by atoms with Gasteiger partial charge in [0.15, 0.2) is 5.78 Å². The Bertz CT molecular complexity index is 793. The molecule has 0 N–H and O–H groups in total. The Morgan fingerprint density at radius 3 is 2.54 bits per heavy atom. The first-order chi connectivity index (χ1) is 12.4. The molecule has 0 saturated heterocycles. The van der Waals surface area contributed by atoms with Crippen LogP contribution >= 0.6 is 0 Å². The summed E-state index contributed by atoms with van der Waals surface area (Å²) in [6.07, 6.45) is 2.94. The van der Waals surface area contributed by atoms with Crippen LogP contribution in [0.25, 0.3) is 10.8 Å². The predicted molar refractivity (Wildman–Crippen MR) is 104 cm³/mol. The number of carbonyl (C=O) groups excluding carboxylic acids is 2. The number of carbonyl (C=O) groups is 2. The Hall–Kier alpha value is -2.16.